The zero-order valence-electron chi connectivity index (χ0n) is 59.9. The Kier molecular flexibility index (Phi) is 33.6. The number of hydrogen-bond donors (Lipinski definition) is 12. The number of unbranched alkanes of at least 4 members (excludes halogenated alkanes) is 4. The lowest BCUT2D eigenvalue weighted by molar-refractivity contribution is -0.151. The number of aromatic nitrogens is 6. The molecule has 0 aromatic carbocycles. The van der Waals surface area contributed by atoms with Gasteiger partial charge in [-0.05, 0) is 70.9 Å². The average Bonchev–Trinajstić information content (AvgIpc) is 1.66. The average molecular weight is 1480 g/mol. The van der Waals surface area contributed by atoms with Crippen molar-refractivity contribution >= 4 is 123 Å². The van der Waals surface area contributed by atoms with Crippen molar-refractivity contribution in [3.05, 3.63) is 36.1 Å². The summed E-state index contributed by atoms with van der Waals surface area (Å²) in [5.41, 5.74) is 34.6. The summed E-state index contributed by atoms with van der Waals surface area (Å²) in [4.78, 5) is 228. The number of hydrogen-bond acceptors (Lipinski definition) is 27. The van der Waals surface area contributed by atoms with Gasteiger partial charge < -0.3 is 99.4 Å². The Bertz CT molecular complexity index is 3770. The van der Waals surface area contributed by atoms with Crippen LogP contribution in [0, 0.1) is 0 Å². The van der Waals surface area contributed by atoms with E-state index >= 15 is 0 Å². The monoisotopic (exact) mass is 1480 g/mol. The van der Waals surface area contributed by atoms with Gasteiger partial charge in [-0.1, -0.05) is 26.7 Å². The molecule has 3 aromatic rings. The standard InChI is InChI=1S/C66H98N24O16/c1-3-5-11-40(91)15-16-41(30-76-50(95)14-6-4-2)106-58(103)18-17-51(96)81-43(13-8-10-20-68)66(105)75-23-26-86(56(101)35-89-38-78-60-45(93)28-48(70)83-64(60)89)32-53(98)73-21-24-85(55(100)34-88-37-77-59-44(92)27-47(69)82-63(59)88)31-52(97)74-22-25-87(33-54(99)80-42(62(72)104)12-7-9-19-67)57(102)36-90-39-79-61-46(94)29-49(71)84-65(61)90/h37-39,41-43H,3-36,67-68H2,1-2H3,(H2,69,82)(H2,70,83)(H2,71,84)(H2,72,104)(H,73,98)(H,74,97)(H,75,105)(H,76,95)(H,80,99)(H,81,96). The Labute approximate surface area is 610 Å². The minimum atomic E-state index is -1.17. The van der Waals surface area contributed by atoms with Crippen LogP contribution < -0.4 is 66.3 Å². The van der Waals surface area contributed by atoms with Gasteiger partial charge in [0, 0.05) is 65.0 Å². The van der Waals surface area contributed by atoms with E-state index < -0.39 is 153 Å². The van der Waals surface area contributed by atoms with Crippen LogP contribution in [-0.2, 0) is 81.9 Å². The van der Waals surface area contributed by atoms with Gasteiger partial charge in [0.05, 0.1) is 70.8 Å². The van der Waals surface area contributed by atoms with Crippen LogP contribution in [0.5, 0.6) is 0 Å². The molecule has 3 aromatic heterocycles. The zero-order chi connectivity index (χ0) is 77.4. The van der Waals surface area contributed by atoms with Crippen LogP contribution in [0.1, 0.15) is 167 Å². The number of amidine groups is 3. The molecule has 18 N–H and O–H groups in total. The molecule has 0 spiro atoms. The van der Waals surface area contributed by atoms with E-state index in [0.717, 1.165) is 27.5 Å². The lowest BCUT2D eigenvalue weighted by Crippen LogP contribution is -2.51. The number of ketones is 4. The van der Waals surface area contributed by atoms with E-state index in [1.165, 1.54) is 32.7 Å². The maximum atomic E-state index is 14.3. The Balaban J connectivity index is 1.14. The SMILES string of the molecule is CCCCC(=O)CCC(CNC(=O)CCCC)OC(=O)CCC(=O)NC(CCCCN)C(=O)NCCN(CC(=O)NCCN(CC(=O)NCCN(CC(=O)NC(CCCCN)C(N)=O)C(=O)Cn1cnc2c1N=C(N)CC2=O)C(=O)Cn1cnc2c1N=C(N)CC2=O)C(=O)Cn1cnc2c1N=C(N)CC2=O. The molecule has 3 aliphatic rings. The van der Waals surface area contributed by atoms with Crippen molar-refractivity contribution in [2.45, 2.75) is 174 Å². The smallest absolute Gasteiger partial charge is 0.306 e. The van der Waals surface area contributed by atoms with Gasteiger partial charge in [-0.15, -0.1) is 0 Å². The highest BCUT2D eigenvalue weighted by molar-refractivity contribution is 6.15. The maximum absolute atomic E-state index is 14.3. The summed E-state index contributed by atoms with van der Waals surface area (Å²) in [7, 11) is 0. The first kappa shape index (κ1) is 83.8. The Morgan fingerprint density at radius 3 is 1.33 bits per heavy atom. The molecule has 0 aliphatic carbocycles. The van der Waals surface area contributed by atoms with Crippen LogP contribution in [0.2, 0.25) is 0 Å². The van der Waals surface area contributed by atoms with Crippen molar-refractivity contribution in [3.8, 4) is 0 Å². The molecule has 6 rings (SSSR count). The molecule has 40 nitrogen and oxygen atoms in total. The number of carbonyl (C=O) groups is 15. The number of aliphatic imine (C=N–C) groups is 3. The number of primary amides is 1. The first-order valence-electron chi connectivity index (χ1n) is 35.3. The molecular formula is C66H98N24O16. The largest absolute Gasteiger partial charge is 0.460 e. The summed E-state index contributed by atoms with van der Waals surface area (Å²) in [6.07, 6.45) is 7.25. The number of nitrogens with zero attached hydrogens (tertiary/aromatic N) is 12. The number of Topliss-reactive ketones (excluding diaryl/α,β-unsaturated/α-hetero) is 4. The Morgan fingerprint density at radius 2 is 0.896 bits per heavy atom. The van der Waals surface area contributed by atoms with Gasteiger partial charge in [0.25, 0.3) is 0 Å². The van der Waals surface area contributed by atoms with Crippen LogP contribution in [0.3, 0.4) is 0 Å². The topological polar surface area (TPSA) is 594 Å². The molecule has 3 atom stereocenters. The summed E-state index contributed by atoms with van der Waals surface area (Å²) in [5.74, 6) is -9.41. The van der Waals surface area contributed by atoms with Crippen molar-refractivity contribution < 1.29 is 76.7 Å². The molecule has 3 aliphatic heterocycles. The van der Waals surface area contributed by atoms with E-state index in [9.17, 15) is 71.9 Å². The number of amides is 10. The minimum Gasteiger partial charge on any atom is -0.460 e. The second kappa shape index (κ2) is 42.5. The second-order valence-electron chi connectivity index (χ2n) is 25.6. The van der Waals surface area contributed by atoms with Gasteiger partial charge >= 0.3 is 5.97 Å². The van der Waals surface area contributed by atoms with Crippen LogP contribution in [-0.4, -0.2) is 246 Å². The number of fused-ring (bicyclic) bond motifs is 3. The molecule has 0 saturated heterocycles. The second-order valence-corrected chi connectivity index (χ2v) is 25.6. The molecule has 6 heterocycles. The summed E-state index contributed by atoms with van der Waals surface area (Å²) < 4.78 is 9.37. The number of rotatable bonds is 48. The van der Waals surface area contributed by atoms with Crippen LogP contribution in [0.15, 0.2) is 34.0 Å². The van der Waals surface area contributed by atoms with Crippen molar-refractivity contribution in [2.75, 3.05) is 78.5 Å². The van der Waals surface area contributed by atoms with Crippen LogP contribution >= 0.6 is 0 Å². The molecule has 10 amide bonds. The van der Waals surface area contributed by atoms with Gasteiger partial charge in [-0.3, -0.25) is 71.9 Å². The number of imidazole rings is 3. The fourth-order valence-corrected chi connectivity index (χ4v) is 11.2. The van der Waals surface area contributed by atoms with Gasteiger partial charge in [0.2, 0.25) is 59.1 Å². The Hall–Kier alpha value is -11.2. The van der Waals surface area contributed by atoms with E-state index in [-0.39, 0.29) is 161 Å². The quantitative estimate of drug-likeness (QED) is 0.0193. The summed E-state index contributed by atoms with van der Waals surface area (Å²) >= 11 is 0. The van der Waals surface area contributed by atoms with Crippen molar-refractivity contribution in [1.29, 1.82) is 0 Å². The maximum Gasteiger partial charge on any atom is 0.306 e. The highest BCUT2D eigenvalue weighted by Crippen LogP contribution is 2.27. The summed E-state index contributed by atoms with van der Waals surface area (Å²) in [6, 6.07) is -2.29. The molecule has 578 valence electrons. The van der Waals surface area contributed by atoms with E-state index in [4.69, 9.17) is 39.1 Å². The fourth-order valence-electron chi connectivity index (χ4n) is 11.2. The third kappa shape index (κ3) is 26.8. The van der Waals surface area contributed by atoms with Crippen molar-refractivity contribution in [1.82, 2.24) is 75.3 Å². The van der Waals surface area contributed by atoms with Crippen molar-refractivity contribution in [2.24, 2.45) is 49.4 Å². The first-order chi connectivity index (χ1) is 50.7. The summed E-state index contributed by atoms with van der Waals surface area (Å²) in [5, 5.41) is 15.9. The molecule has 0 radical (unpaired) electrons. The molecule has 0 bridgehead atoms. The normalized spacial score (nSPS) is 13.7. The molecule has 40 heteroatoms. The highest BCUT2D eigenvalue weighted by Gasteiger charge is 2.32. The zero-order valence-corrected chi connectivity index (χ0v) is 59.9. The molecule has 0 fully saturated rings. The Morgan fingerprint density at radius 1 is 0.481 bits per heavy atom. The predicted octanol–water partition coefficient (Wildman–Crippen LogP) is -3.51. The number of nitrogens with two attached hydrogens (primary N) is 6. The van der Waals surface area contributed by atoms with Crippen LogP contribution in [0.4, 0.5) is 17.5 Å². The van der Waals surface area contributed by atoms with E-state index in [0.29, 0.717) is 51.5 Å². The molecule has 106 heavy (non-hydrogen) atoms. The highest BCUT2D eigenvalue weighted by atomic mass is 16.5. The van der Waals surface area contributed by atoms with E-state index in [2.05, 4.69) is 61.8 Å². The fraction of sp³-hybridized carbons (Fsp3) is 0.591. The first-order valence-corrected chi connectivity index (χ1v) is 35.3. The molecule has 3 unspecified atom stereocenters. The van der Waals surface area contributed by atoms with Gasteiger partial charge in [0.1, 0.15) is 61.1 Å². The van der Waals surface area contributed by atoms with Gasteiger partial charge in [0.15, 0.2) is 51.9 Å². The minimum absolute atomic E-state index is 0.00400. The van der Waals surface area contributed by atoms with Crippen LogP contribution in [0.25, 0.3) is 0 Å². The van der Waals surface area contributed by atoms with E-state index in [1.54, 1.807) is 0 Å². The number of nitrogens with one attached hydrogen (secondary N) is 6. The number of carbonyl (C=O) groups excluding carboxylic acids is 15. The predicted molar refractivity (Wildman–Crippen MR) is 380 cm³/mol. The van der Waals surface area contributed by atoms with Gasteiger partial charge in [-0.25, -0.2) is 29.9 Å². The summed E-state index contributed by atoms with van der Waals surface area (Å²) in [6.45, 7) is -1.34. The number of ether oxygens (including phenoxy) is 1. The van der Waals surface area contributed by atoms with E-state index in [1.807, 2.05) is 13.8 Å². The molecule has 0 saturated carbocycles. The van der Waals surface area contributed by atoms with Crippen molar-refractivity contribution in [3.63, 3.8) is 0 Å². The third-order valence-electron chi connectivity index (χ3n) is 17.0. The third-order valence-corrected chi connectivity index (χ3v) is 17.0. The van der Waals surface area contributed by atoms with Gasteiger partial charge in [-0.2, -0.15) is 0 Å². The number of esters is 1. The lowest BCUT2D eigenvalue weighted by Gasteiger charge is -2.26. The molecular weight excluding hydrogens is 1380 g/mol. The lowest BCUT2D eigenvalue weighted by atomic mass is 10.1.